The molecule has 0 aromatic rings. The summed E-state index contributed by atoms with van der Waals surface area (Å²) in [5.41, 5.74) is 1.44. The van der Waals surface area contributed by atoms with Crippen molar-refractivity contribution in [3.8, 4) is 0 Å². The van der Waals surface area contributed by atoms with Crippen molar-refractivity contribution < 1.29 is 0 Å². The molecule has 0 radical (unpaired) electrons. The summed E-state index contributed by atoms with van der Waals surface area (Å²) in [6.45, 7) is 4.44. The Kier molecular flexibility index (Phi) is 3.50. The highest BCUT2D eigenvalue weighted by Gasteiger charge is 2.15. The molecule has 0 saturated carbocycles. The van der Waals surface area contributed by atoms with Crippen LogP contribution in [0.4, 0.5) is 0 Å². The fourth-order valence-corrected chi connectivity index (χ4v) is 1.87. The minimum atomic E-state index is 0.401. The summed E-state index contributed by atoms with van der Waals surface area (Å²) in [7, 11) is 0. The first-order chi connectivity index (χ1) is 5.11. The van der Waals surface area contributed by atoms with Crippen LogP contribution >= 0.6 is 35.2 Å². The highest BCUT2D eigenvalue weighted by Crippen LogP contribution is 2.25. The minimum Gasteiger partial charge on any atom is -0.170 e. The van der Waals surface area contributed by atoms with Gasteiger partial charge in [0.2, 0.25) is 0 Å². The lowest BCUT2D eigenvalue weighted by atomic mass is 9.97. The van der Waals surface area contributed by atoms with Gasteiger partial charge in [-0.1, -0.05) is 54.7 Å². The summed E-state index contributed by atoms with van der Waals surface area (Å²) in [5, 5.41) is 0.401. The van der Waals surface area contributed by atoms with Crippen LogP contribution in [0.25, 0.3) is 0 Å². The highest BCUT2D eigenvalue weighted by molar-refractivity contribution is 14.1. The fourth-order valence-electron chi connectivity index (χ4n) is 1.04. The molecule has 1 unspecified atom stereocenters. The predicted molar refractivity (Wildman–Crippen MR) is 62.6 cm³/mol. The van der Waals surface area contributed by atoms with Crippen LogP contribution in [0.5, 0.6) is 0 Å². The second-order valence-electron chi connectivity index (χ2n) is 3.12. The van der Waals surface area contributed by atoms with Crippen LogP contribution < -0.4 is 0 Å². The van der Waals surface area contributed by atoms with Crippen molar-refractivity contribution in [3.05, 3.63) is 23.8 Å². The van der Waals surface area contributed by atoms with Crippen molar-refractivity contribution in [3.63, 3.8) is 0 Å². The number of hydrogen-bond acceptors (Lipinski definition) is 1. The molecular formula is C9H13IS. The minimum absolute atomic E-state index is 0.401. The molecule has 0 fully saturated rings. The van der Waals surface area contributed by atoms with E-state index >= 15 is 0 Å². The third-order valence-corrected chi connectivity index (χ3v) is 4.03. The van der Waals surface area contributed by atoms with E-state index in [4.69, 9.17) is 0 Å². The fraction of sp³-hybridized carbons (Fsp3) is 0.556. The Morgan fingerprint density at radius 1 is 1.55 bits per heavy atom. The summed E-state index contributed by atoms with van der Waals surface area (Å²) in [4.78, 5) is 0. The summed E-state index contributed by atoms with van der Waals surface area (Å²) in [5.74, 6) is 0.643. The van der Waals surface area contributed by atoms with Crippen LogP contribution in [0.3, 0.4) is 0 Å². The molecule has 1 aliphatic carbocycles. The molecule has 2 atom stereocenters. The number of alkyl halides is 1. The molecule has 0 aromatic carbocycles. The van der Waals surface area contributed by atoms with Crippen LogP contribution in [0.1, 0.15) is 13.8 Å². The topological polar surface area (TPSA) is 0 Å². The second-order valence-corrected chi connectivity index (χ2v) is 5.15. The normalized spacial score (nSPS) is 30.8. The van der Waals surface area contributed by atoms with Crippen LogP contribution in [0.2, 0.25) is 0 Å². The zero-order chi connectivity index (χ0) is 8.43. The van der Waals surface area contributed by atoms with E-state index in [0.717, 1.165) is 0 Å². The zero-order valence-corrected chi connectivity index (χ0v) is 9.84. The molecule has 1 rings (SSSR count). The van der Waals surface area contributed by atoms with Gasteiger partial charge in [0, 0.05) is 9.17 Å². The van der Waals surface area contributed by atoms with Crippen molar-refractivity contribution in [1.29, 1.82) is 0 Å². The summed E-state index contributed by atoms with van der Waals surface area (Å²) < 4.78 is 0.554. The van der Waals surface area contributed by atoms with E-state index < -0.39 is 0 Å². The van der Waals surface area contributed by atoms with Crippen molar-refractivity contribution in [2.45, 2.75) is 23.0 Å². The number of allylic oxidation sites excluding steroid dienone is 3. The summed E-state index contributed by atoms with van der Waals surface area (Å²) in [6, 6.07) is 0. The van der Waals surface area contributed by atoms with E-state index in [1.807, 2.05) is 0 Å². The molecular weight excluding hydrogens is 267 g/mol. The largest absolute Gasteiger partial charge is 0.170 e. The molecule has 0 amide bonds. The van der Waals surface area contributed by atoms with Crippen molar-refractivity contribution in [2.24, 2.45) is 5.92 Å². The van der Waals surface area contributed by atoms with Crippen LogP contribution in [-0.4, -0.2) is 9.17 Å². The van der Waals surface area contributed by atoms with E-state index in [1.165, 1.54) is 5.57 Å². The Hall–Kier alpha value is 0.560. The summed E-state index contributed by atoms with van der Waals surface area (Å²) in [6.07, 6.45) is 6.68. The van der Waals surface area contributed by atoms with Gasteiger partial charge in [-0.2, -0.15) is 12.6 Å². The SMILES string of the molecule is CC(C)C1=C[C@@H](I)C(S)C=C1. The molecule has 0 bridgehead atoms. The Balaban J connectivity index is 2.72. The van der Waals surface area contributed by atoms with Crippen molar-refractivity contribution >= 4 is 35.2 Å². The molecule has 62 valence electrons. The smallest absolute Gasteiger partial charge is 0.0446 e. The lowest BCUT2D eigenvalue weighted by molar-refractivity contribution is 0.779. The van der Waals surface area contributed by atoms with Gasteiger partial charge in [-0.15, -0.1) is 0 Å². The van der Waals surface area contributed by atoms with Gasteiger partial charge in [-0.05, 0) is 11.5 Å². The molecule has 0 aromatic heterocycles. The molecule has 11 heavy (non-hydrogen) atoms. The van der Waals surface area contributed by atoms with Gasteiger partial charge in [0.05, 0.1) is 0 Å². The van der Waals surface area contributed by atoms with Crippen LogP contribution in [0, 0.1) is 5.92 Å². The molecule has 1 aliphatic rings. The molecule has 0 aliphatic heterocycles. The van der Waals surface area contributed by atoms with E-state index in [9.17, 15) is 0 Å². The van der Waals surface area contributed by atoms with Crippen LogP contribution in [0.15, 0.2) is 23.8 Å². The Bertz CT molecular complexity index is 194. The first kappa shape index (κ1) is 9.65. The molecule has 0 spiro atoms. The van der Waals surface area contributed by atoms with E-state index in [0.29, 0.717) is 15.1 Å². The zero-order valence-electron chi connectivity index (χ0n) is 6.79. The third-order valence-electron chi connectivity index (χ3n) is 1.83. The number of rotatable bonds is 1. The average molecular weight is 280 g/mol. The molecule has 0 nitrogen and oxygen atoms in total. The van der Waals surface area contributed by atoms with E-state index in [1.54, 1.807) is 0 Å². The molecule has 0 N–H and O–H groups in total. The lowest BCUT2D eigenvalue weighted by Gasteiger charge is -2.18. The Morgan fingerprint density at radius 3 is 2.64 bits per heavy atom. The van der Waals surface area contributed by atoms with Crippen molar-refractivity contribution in [1.82, 2.24) is 0 Å². The second kappa shape index (κ2) is 3.99. The number of halogens is 1. The van der Waals surface area contributed by atoms with Gasteiger partial charge >= 0.3 is 0 Å². The van der Waals surface area contributed by atoms with Gasteiger partial charge in [-0.25, -0.2) is 0 Å². The maximum Gasteiger partial charge on any atom is 0.0446 e. The van der Waals surface area contributed by atoms with Gasteiger partial charge < -0.3 is 0 Å². The van der Waals surface area contributed by atoms with E-state index in [2.05, 4.69) is 67.3 Å². The molecule has 2 heteroatoms. The van der Waals surface area contributed by atoms with Crippen molar-refractivity contribution in [2.75, 3.05) is 0 Å². The Morgan fingerprint density at radius 2 is 2.18 bits per heavy atom. The monoisotopic (exact) mass is 280 g/mol. The van der Waals surface area contributed by atoms with Gasteiger partial charge in [0.15, 0.2) is 0 Å². The lowest BCUT2D eigenvalue weighted by Crippen LogP contribution is -2.14. The third kappa shape index (κ3) is 2.51. The average Bonchev–Trinajstić information content (AvgIpc) is 1.94. The highest BCUT2D eigenvalue weighted by atomic mass is 127. The van der Waals surface area contributed by atoms with Crippen LogP contribution in [-0.2, 0) is 0 Å². The standard InChI is InChI=1S/C9H13IS/c1-6(2)7-3-4-9(11)8(10)5-7/h3-6,8-9,11H,1-2H3/t8-,9?/m1/s1. The first-order valence-electron chi connectivity index (χ1n) is 3.83. The number of hydrogen-bond donors (Lipinski definition) is 1. The number of thiol groups is 1. The van der Waals surface area contributed by atoms with Gasteiger partial charge in [0.1, 0.15) is 0 Å². The first-order valence-corrected chi connectivity index (χ1v) is 5.59. The Labute approximate surface area is 87.7 Å². The van der Waals surface area contributed by atoms with Gasteiger partial charge in [-0.3, -0.25) is 0 Å². The summed E-state index contributed by atoms with van der Waals surface area (Å²) >= 11 is 6.85. The maximum absolute atomic E-state index is 4.43. The quantitative estimate of drug-likeness (QED) is 0.425. The molecule has 0 saturated heterocycles. The predicted octanol–water partition coefficient (Wildman–Crippen LogP) is 3.24. The maximum atomic E-state index is 4.43. The molecule has 0 heterocycles. The van der Waals surface area contributed by atoms with E-state index in [-0.39, 0.29) is 0 Å². The van der Waals surface area contributed by atoms with Gasteiger partial charge in [0.25, 0.3) is 0 Å².